The van der Waals surface area contributed by atoms with Gasteiger partial charge < -0.3 is 10.6 Å². The second-order valence-corrected chi connectivity index (χ2v) is 4.61. The third kappa shape index (κ3) is 2.37. The summed E-state index contributed by atoms with van der Waals surface area (Å²) >= 11 is 0. The Kier molecular flexibility index (Phi) is 3.65. The molecule has 4 nitrogen and oxygen atoms in total. The number of carbonyl (C=O) groups is 2. The number of benzene rings is 1. The van der Waals surface area contributed by atoms with Crippen molar-refractivity contribution in [2.24, 2.45) is 5.73 Å². The van der Waals surface area contributed by atoms with E-state index < -0.39 is 5.91 Å². The first-order valence-electron chi connectivity index (χ1n) is 6.36. The lowest BCUT2D eigenvalue weighted by atomic mass is 9.98. The fraction of sp³-hybridized carbons (Fsp3) is 0.429. The number of amides is 2. The minimum Gasteiger partial charge on any atom is -0.366 e. The topological polar surface area (TPSA) is 63.4 Å². The summed E-state index contributed by atoms with van der Waals surface area (Å²) in [5.74, 6) is -0.252. The van der Waals surface area contributed by atoms with Crippen LogP contribution < -0.4 is 10.6 Å². The van der Waals surface area contributed by atoms with Crippen LogP contribution in [-0.4, -0.2) is 18.4 Å². The summed E-state index contributed by atoms with van der Waals surface area (Å²) in [4.78, 5) is 24.9. The summed E-state index contributed by atoms with van der Waals surface area (Å²) < 4.78 is 0. The normalized spacial score (nSPS) is 14.5. The van der Waals surface area contributed by atoms with Gasteiger partial charge in [0.05, 0.1) is 0 Å². The Morgan fingerprint density at radius 1 is 1.39 bits per heavy atom. The number of anilines is 1. The maximum absolute atomic E-state index is 11.9. The van der Waals surface area contributed by atoms with Crippen molar-refractivity contribution in [3.8, 4) is 0 Å². The van der Waals surface area contributed by atoms with Crippen LogP contribution in [0.2, 0.25) is 0 Å². The summed E-state index contributed by atoms with van der Waals surface area (Å²) in [6, 6.07) is 5.34. The third-order valence-electron chi connectivity index (χ3n) is 3.30. The number of aryl methyl sites for hydroxylation is 1. The highest BCUT2D eigenvalue weighted by molar-refractivity contribution is 5.98. The Bertz CT molecular complexity index is 483. The fourth-order valence-corrected chi connectivity index (χ4v) is 2.27. The average Bonchev–Trinajstić information content (AvgIpc) is 2.37. The fourth-order valence-electron chi connectivity index (χ4n) is 2.27. The molecule has 2 rings (SSSR count). The van der Waals surface area contributed by atoms with Crippen molar-refractivity contribution in [2.75, 3.05) is 11.4 Å². The number of rotatable bonds is 4. The van der Waals surface area contributed by atoms with Gasteiger partial charge in [0.2, 0.25) is 11.8 Å². The molecule has 0 bridgehead atoms. The van der Waals surface area contributed by atoms with Crippen LogP contribution >= 0.6 is 0 Å². The zero-order chi connectivity index (χ0) is 13.1. The number of nitrogens with two attached hydrogens (primary N) is 1. The van der Waals surface area contributed by atoms with E-state index in [0.29, 0.717) is 18.4 Å². The van der Waals surface area contributed by atoms with Gasteiger partial charge in [-0.15, -0.1) is 0 Å². The van der Waals surface area contributed by atoms with E-state index in [1.54, 1.807) is 6.07 Å². The van der Waals surface area contributed by atoms with Gasteiger partial charge in [0.15, 0.2) is 0 Å². The Morgan fingerprint density at radius 3 is 2.83 bits per heavy atom. The van der Waals surface area contributed by atoms with E-state index >= 15 is 0 Å². The van der Waals surface area contributed by atoms with Crippen LogP contribution in [0.15, 0.2) is 18.2 Å². The van der Waals surface area contributed by atoms with Crippen molar-refractivity contribution in [3.05, 3.63) is 29.3 Å². The van der Waals surface area contributed by atoms with Crippen LogP contribution in [0.4, 0.5) is 5.69 Å². The van der Waals surface area contributed by atoms with E-state index in [2.05, 4.69) is 6.92 Å². The predicted molar refractivity (Wildman–Crippen MR) is 70.5 cm³/mol. The highest BCUT2D eigenvalue weighted by Gasteiger charge is 2.23. The molecule has 0 spiro atoms. The molecule has 0 atom stereocenters. The molecule has 1 aromatic rings. The van der Waals surface area contributed by atoms with Gasteiger partial charge in [0.25, 0.3) is 0 Å². The number of unbranched alkanes of at least 4 members (excludes halogenated alkanes) is 1. The molecule has 0 aromatic heterocycles. The predicted octanol–water partition coefficient (Wildman–Crippen LogP) is 1.86. The van der Waals surface area contributed by atoms with E-state index in [4.69, 9.17) is 5.73 Å². The van der Waals surface area contributed by atoms with Crippen LogP contribution in [0, 0.1) is 0 Å². The smallest absolute Gasteiger partial charge is 0.248 e. The van der Waals surface area contributed by atoms with Crippen molar-refractivity contribution < 1.29 is 9.59 Å². The molecule has 0 unspecified atom stereocenters. The monoisotopic (exact) mass is 246 g/mol. The SMILES string of the molecule is CCCCN1C(=O)CCc2cc(C(N)=O)ccc21. The summed E-state index contributed by atoms with van der Waals surface area (Å²) in [7, 11) is 0. The number of hydrogen-bond donors (Lipinski definition) is 1. The summed E-state index contributed by atoms with van der Waals surface area (Å²) in [5.41, 5.74) is 7.76. The molecule has 0 radical (unpaired) electrons. The molecule has 1 aliphatic rings. The van der Waals surface area contributed by atoms with Gasteiger partial charge in [-0.1, -0.05) is 13.3 Å². The molecular formula is C14H18N2O2. The second kappa shape index (κ2) is 5.21. The van der Waals surface area contributed by atoms with Gasteiger partial charge in [-0.25, -0.2) is 0 Å². The average molecular weight is 246 g/mol. The van der Waals surface area contributed by atoms with E-state index in [1.807, 2.05) is 17.0 Å². The van der Waals surface area contributed by atoms with E-state index in [1.165, 1.54) is 0 Å². The first kappa shape index (κ1) is 12.6. The molecule has 18 heavy (non-hydrogen) atoms. The Morgan fingerprint density at radius 2 is 2.17 bits per heavy atom. The molecule has 0 aliphatic carbocycles. The first-order chi connectivity index (χ1) is 8.63. The lowest BCUT2D eigenvalue weighted by Crippen LogP contribution is -2.36. The quantitative estimate of drug-likeness (QED) is 0.881. The van der Waals surface area contributed by atoms with E-state index in [-0.39, 0.29) is 5.91 Å². The van der Waals surface area contributed by atoms with Gasteiger partial charge >= 0.3 is 0 Å². The standard InChI is InChI=1S/C14H18N2O2/c1-2-3-8-16-12-6-4-11(14(15)18)9-10(12)5-7-13(16)17/h4,6,9H,2-3,5,7-8H2,1H3,(H2,15,18). The minimum atomic E-state index is -0.421. The number of hydrogen-bond acceptors (Lipinski definition) is 2. The maximum Gasteiger partial charge on any atom is 0.248 e. The molecule has 2 amide bonds. The number of nitrogens with zero attached hydrogens (tertiary/aromatic N) is 1. The van der Waals surface area contributed by atoms with Crippen molar-refractivity contribution in [3.63, 3.8) is 0 Å². The molecule has 1 aliphatic heterocycles. The first-order valence-corrected chi connectivity index (χ1v) is 6.36. The molecule has 4 heteroatoms. The van der Waals surface area contributed by atoms with Gasteiger partial charge in [-0.3, -0.25) is 9.59 Å². The van der Waals surface area contributed by atoms with Crippen LogP contribution in [0.5, 0.6) is 0 Å². The Hall–Kier alpha value is -1.84. The van der Waals surface area contributed by atoms with Crippen LogP contribution in [0.3, 0.4) is 0 Å². The second-order valence-electron chi connectivity index (χ2n) is 4.61. The number of primary amides is 1. The summed E-state index contributed by atoms with van der Waals surface area (Å²) in [6.45, 7) is 2.85. The lowest BCUT2D eigenvalue weighted by Gasteiger charge is -2.29. The van der Waals surface area contributed by atoms with Gasteiger partial charge in [-0.2, -0.15) is 0 Å². The van der Waals surface area contributed by atoms with E-state index in [9.17, 15) is 9.59 Å². The summed E-state index contributed by atoms with van der Waals surface area (Å²) in [6.07, 6.45) is 3.25. The number of carbonyl (C=O) groups excluding carboxylic acids is 2. The molecule has 96 valence electrons. The molecular weight excluding hydrogens is 228 g/mol. The van der Waals surface area contributed by atoms with Crippen molar-refractivity contribution in [1.29, 1.82) is 0 Å². The van der Waals surface area contributed by atoms with Gasteiger partial charge in [-0.05, 0) is 36.6 Å². The molecule has 0 saturated heterocycles. The summed E-state index contributed by atoms with van der Waals surface area (Å²) in [5, 5.41) is 0. The molecule has 2 N–H and O–H groups in total. The Balaban J connectivity index is 2.32. The third-order valence-corrected chi connectivity index (χ3v) is 3.30. The Labute approximate surface area is 107 Å². The van der Waals surface area contributed by atoms with Crippen LogP contribution in [0.1, 0.15) is 42.1 Å². The lowest BCUT2D eigenvalue weighted by molar-refractivity contribution is -0.118. The molecule has 1 aromatic carbocycles. The number of fused-ring (bicyclic) bond motifs is 1. The highest BCUT2D eigenvalue weighted by atomic mass is 16.2. The van der Waals surface area contributed by atoms with Crippen molar-refractivity contribution in [1.82, 2.24) is 0 Å². The molecule has 0 saturated carbocycles. The highest BCUT2D eigenvalue weighted by Crippen LogP contribution is 2.29. The molecule has 1 heterocycles. The van der Waals surface area contributed by atoms with Gasteiger partial charge in [0.1, 0.15) is 0 Å². The van der Waals surface area contributed by atoms with Crippen LogP contribution in [0.25, 0.3) is 0 Å². The van der Waals surface area contributed by atoms with Crippen molar-refractivity contribution >= 4 is 17.5 Å². The largest absolute Gasteiger partial charge is 0.366 e. The minimum absolute atomic E-state index is 0.169. The van der Waals surface area contributed by atoms with Crippen LogP contribution in [-0.2, 0) is 11.2 Å². The maximum atomic E-state index is 11.9. The molecule has 0 fully saturated rings. The van der Waals surface area contributed by atoms with E-state index in [0.717, 1.165) is 30.6 Å². The zero-order valence-electron chi connectivity index (χ0n) is 10.6. The van der Waals surface area contributed by atoms with Crippen molar-refractivity contribution in [2.45, 2.75) is 32.6 Å². The zero-order valence-corrected chi connectivity index (χ0v) is 10.6. The van der Waals surface area contributed by atoms with Gasteiger partial charge in [0, 0.05) is 24.2 Å².